The van der Waals surface area contributed by atoms with Gasteiger partial charge in [0.15, 0.2) is 0 Å². The molecule has 0 bridgehead atoms. The highest BCUT2D eigenvalue weighted by atomic mass is 15.1. The lowest BCUT2D eigenvalue weighted by Gasteiger charge is -2.27. The van der Waals surface area contributed by atoms with Crippen molar-refractivity contribution in [3.63, 3.8) is 0 Å². The van der Waals surface area contributed by atoms with Crippen LogP contribution in [-0.4, -0.2) is 0 Å². The van der Waals surface area contributed by atoms with Gasteiger partial charge in [-0.25, -0.2) is 0 Å². The van der Waals surface area contributed by atoms with Crippen LogP contribution in [0.5, 0.6) is 0 Å². The van der Waals surface area contributed by atoms with Crippen LogP contribution in [0.25, 0.3) is 76.8 Å². The average molecular weight is 740 g/mol. The molecule has 11 rings (SSSR count). The van der Waals surface area contributed by atoms with Crippen LogP contribution in [0.15, 0.2) is 212 Å². The van der Waals surface area contributed by atoms with Gasteiger partial charge in [0.25, 0.3) is 0 Å². The summed E-state index contributed by atoms with van der Waals surface area (Å²) in [5.41, 5.74) is 16.1. The van der Waals surface area contributed by atoms with Gasteiger partial charge < -0.3 is 4.90 Å². The topological polar surface area (TPSA) is 3.24 Å². The van der Waals surface area contributed by atoms with E-state index < -0.39 is 0 Å². The molecule has 0 spiro atoms. The summed E-state index contributed by atoms with van der Waals surface area (Å²) in [5.74, 6) is 0. The van der Waals surface area contributed by atoms with E-state index in [0.29, 0.717) is 0 Å². The molecule has 0 heterocycles. The van der Waals surface area contributed by atoms with E-state index in [2.05, 4.69) is 231 Å². The molecule has 10 aromatic carbocycles. The third kappa shape index (κ3) is 5.62. The zero-order chi connectivity index (χ0) is 38.8. The SMILES string of the molecule is CC1(C)c2ccccc2-c2cccc(-c3ccc(N(c4ccc(-c5ccc6c(ccc7ccccc76)c5)cc4)c4cccc(-c5ccc6ccccc6c5)c4)cc3)c21. The minimum atomic E-state index is -0.0863. The Morgan fingerprint density at radius 3 is 1.67 bits per heavy atom. The van der Waals surface area contributed by atoms with Crippen LogP contribution in [0, 0.1) is 0 Å². The summed E-state index contributed by atoms with van der Waals surface area (Å²) in [5, 5.41) is 7.60. The molecular formula is C57H41N. The first-order valence-electron chi connectivity index (χ1n) is 20.2. The van der Waals surface area contributed by atoms with Gasteiger partial charge in [-0.1, -0.05) is 178 Å². The van der Waals surface area contributed by atoms with Crippen LogP contribution in [-0.2, 0) is 5.41 Å². The molecule has 0 saturated carbocycles. The van der Waals surface area contributed by atoms with Gasteiger partial charge in [-0.05, 0) is 136 Å². The molecule has 0 atom stereocenters. The first-order chi connectivity index (χ1) is 28.5. The maximum Gasteiger partial charge on any atom is 0.0467 e. The van der Waals surface area contributed by atoms with Crippen molar-refractivity contribution < 1.29 is 0 Å². The second-order valence-electron chi connectivity index (χ2n) is 16.2. The highest BCUT2D eigenvalue weighted by Gasteiger charge is 2.37. The third-order valence-corrected chi connectivity index (χ3v) is 12.4. The van der Waals surface area contributed by atoms with Crippen LogP contribution in [0.3, 0.4) is 0 Å². The standard InChI is InChI=1S/C57H41N/c1-57(2)55-20-8-7-17-53(55)54-19-10-18-52(56(54)57)41-27-32-48(33-28-41)58(49-15-9-14-43(37-49)45-23-21-38-11-3-4-13-42(38)35-45)47-30-25-39(26-31-47)44-29-34-51-46(36-44)24-22-40-12-5-6-16-50(40)51/h3-37H,1-2H3. The Hall–Kier alpha value is -7.22. The molecule has 0 amide bonds. The molecule has 274 valence electrons. The first kappa shape index (κ1) is 34.1. The molecule has 1 heteroatoms. The van der Waals surface area contributed by atoms with Gasteiger partial charge in [0, 0.05) is 22.5 Å². The molecule has 1 aliphatic carbocycles. The van der Waals surface area contributed by atoms with Crippen LogP contribution in [0.1, 0.15) is 25.0 Å². The predicted octanol–water partition coefficient (Wildman–Crippen LogP) is 15.9. The second kappa shape index (κ2) is 13.5. The van der Waals surface area contributed by atoms with Gasteiger partial charge in [-0.3, -0.25) is 0 Å². The van der Waals surface area contributed by atoms with E-state index >= 15 is 0 Å². The zero-order valence-corrected chi connectivity index (χ0v) is 32.7. The molecule has 0 N–H and O–H groups in total. The van der Waals surface area contributed by atoms with Gasteiger partial charge in [-0.15, -0.1) is 0 Å². The van der Waals surface area contributed by atoms with E-state index in [-0.39, 0.29) is 5.41 Å². The molecule has 0 aliphatic heterocycles. The molecule has 0 unspecified atom stereocenters. The number of hydrogen-bond donors (Lipinski definition) is 0. The van der Waals surface area contributed by atoms with E-state index in [1.165, 1.54) is 88.0 Å². The Balaban J connectivity index is 0.998. The zero-order valence-electron chi connectivity index (χ0n) is 32.7. The molecule has 0 radical (unpaired) electrons. The van der Waals surface area contributed by atoms with Crippen molar-refractivity contribution in [2.45, 2.75) is 19.3 Å². The molecule has 1 aliphatic rings. The van der Waals surface area contributed by atoms with Crippen LogP contribution >= 0.6 is 0 Å². The number of anilines is 3. The molecular weight excluding hydrogens is 699 g/mol. The van der Waals surface area contributed by atoms with Crippen molar-refractivity contribution in [3.8, 4) is 44.5 Å². The van der Waals surface area contributed by atoms with Gasteiger partial charge in [-0.2, -0.15) is 0 Å². The summed E-state index contributed by atoms with van der Waals surface area (Å²) in [6.45, 7) is 4.73. The van der Waals surface area contributed by atoms with Crippen LogP contribution in [0.4, 0.5) is 17.1 Å². The molecule has 0 aromatic heterocycles. The Bertz CT molecular complexity index is 3190. The number of rotatable bonds is 6. The lowest BCUT2D eigenvalue weighted by Crippen LogP contribution is -2.16. The van der Waals surface area contributed by atoms with Crippen molar-refractivity contribution >= 4 is 49.4 Å². The van der Waals surface area contributed by atoms with Gasteiger partial charge in [0.05, 0.1) is 0 Å². The van der Waals surface area contributed by atoms with E-state index in [1.54, 1.807) is 0 Å². The average Bonchev–Trinajstić information content (AvgIpc) is 3.52. The normalized spacial score (nSPS) is 12.8. The van der Waals surface area contributed by atoms with Gasteiger partial charge in [0.1, 0.15) is 0 Å². The Kier molecular flexibility index (Phi) is 7.91. The number of hydrogen-bond acceptors (Lipinski definition) is 1. The minimum absolute atomic E-state index is 0.0863. The van der Waals surface area contributed by atoms with Crippen molar-refractivity contribution in [2.24, 2.45) is 0 Å². The molecule has 58 heavy (non-hydrogen) atoms. The van der Waals surface area contributed by atoms with E-state index in [4.69, 9.17) is 0 Å². The first-order valence-corrected chi connectivity index (χ1v) is 20.2. The highest BCUT2D eigenvalue weighted by molar-refractivity contribution is 6.08. The van der Waals surface area contributed by atoms with Crippen molar-refractivity contribution in [1.82, 2.24) is 0 Å². The van der Waals surface area contributed by atoms with E-state index in [9.17, 15) is 0 Å². The number of nitrogens with zero attached hydrogens (tertiary/aromatic N) is 1. The lowest BCUT2D eigenvalue weighted by molar-refractivity contribution is 0.662. The largest absolute Gasteiger partial charge is 0.310 e. The Morgan fingerprint density at radius 1 is 0.310 bits per heavy atom. The monoisotopic (exact) mass is 739 g/mol. The summed E-state index contributed by atoms with van der Waals surface area (Å²) in [4.78, 5) is 2.39. The van der Waals surface area contributed by atoms with Crippen LogP contribution in [0.2, 0.25) is 0 Å². The van der Waals surface area contributed by atoms with E-state index in [0.717, 1.165) is 17.1 Å². The summed E-state index contributed by atoms with van der Waals surface area (Å²) >= 11 is 0. The number of benzene rings is 10. The quantitative estimate of drug-likeness (QED) is 0.154. The predicted molar refractivity (Wildman–Crippen MR) is 248 cm³/mol. The Labute approximate surface area is 340 Å². The lowest BCUT2D eigenvalue weighted by atomic mass is 9.79. The second-order valence-corrected chi connectivity index (χ2v) is 16.2. The smallest absolute Gasteiger partial charge is 0.0467 e. The van der Waals surface area contributed by atoms with E-state index in [1.807, 2.05) is 0 Å². The fourth-order valence-electron chi connectivity index (χ4n) is 9.51. The van der Waals surface area contributed by atoms with Gasteiger partial charge in [0.2, 0.25) is 0 Å². The summed E-state index contributed by atoms with van der Waals surface area (Å²) in [6.07, 6.45) is 0. The molecule has 0 saturated heterocycles. The maximum absolute atomic E-state index is 2.39. The van der Waals surface area contributed by atoms with Gasteiger partial charge >= 0.3 is 0 Å². The summed E-state index contributed by atoms with van der Waals surface area (Å²) in [6, 6.07) is 78.2. The summed E-state index contributed by atoms with van der Waals surface area (Å²) in [7, 11) is 0. The Morgan fingerprint density at radius 2 is 0.845 bits per heavy atom. The van der Waals surface area contributed by atoms with Crippen molar-refractivity contribution in [2.75, 3.05) is 4.90 Å². The molecule has 0 fully saturated rings. The number of fused-ring (bicyclic) bond motifs is 7. The fraction of sp³-hybridized carbons (Fsp3) is 0.0526. The highest BCUT2D eigenvalue weighted by Crippen LogP contribution is 2.52. The minimum Gasteiger partial charge on any atom is -0.310 e. The molecule has 10 aromatic rings. The van der Waals surface area contributed by atoms with Crippen molar-refractivity contribution in [3.05, 3.63) is 223 Å². The summed E-state index contributed by atoms with van der Waals surface area (Å²) < 4.78 is 0. The van der Waals surface area contributed by atoms with Crippen LogP contribution < -0.4 is 4.90 Å². The fourth-order valence-corrected chi connectivity index (χ4v) is 9.51. The maximum atomic E-state index is 2.39. The van der Waals surface area contributed by atoms with Crippen molar-refractivity contribution in [1.29, 1.82) is 0 Å². The third-order valence-electron chi connectivity index (χ3n) is 12.4. The molecule has 1 nitrogen and oxygen atoms in total.